The Labute approximate surface area is 70.8 Å². The van der Waals surface area contributed by atoms with E-state index in [-0.39, 0.29) is 5.16 Å². The lowest BCUT2D eigenvalue weighted by atomic mass is 9.81. The molecule has 0 atom stereocenters. The molecule has 0 aliphatic heterocycles. The summed E-state index contributed by atoms with van der Waals surface area (Å²) < 4.78 is 10.8. The normalized spacial score (nSPS) is 22.4. The molecule has 0 N–H and O–H groups in total. The highest BCUT2D eigenvalue weighted by atomic mass is 31.1. The predicted octanol–water partition coefficient (Wildman–Crippen LogP) is 3.64. The van der Waals surface area contributed by atoms with Gasteiger partial charge in [-0.25, -0.2) is 0 Å². The monoisotopic (exact) mass is 172 g/mol. The molecular formula is C9H17OP. The van der Waals surface area contributed by atoms with E-state index in [1.807, 2.05) is 0 Å². The highest BCUT2D eigenvalue weighted by molar-refractivity contribution is 7.25. The van der Waals surface area contributed by atoms with Crippen molar-refractivity contribution in [3.05, 3.63) is 0 Å². The zero-order valence-corrected chi connectivity index (χ0v) is 8.36. The van der Waals surface area contributed by atoms with E-state index in [9.17, 15) is 4.57 Å². The van der Waals surface area contributed by atoms with Crippen molar-refractivity contribution in [2.45, 2.75) is 51.1 Å². The Morgan fingerprint density at radius 2 is 1.73 bits per heavy atom. The van der Waals surface area contributed by atoms with Gasteiger partial charge in [0, 0.05) is 5.16 Å². The quantitative estimate of drug-likeness (QED) is 0.581. The second-order valence-corrected chi connectivity index (χ2v) is 5.42. The fourth-order valence-electron chi connectivity index (χ4n) is 1.88. The van der Waals surface area contributed by atoms with E-state index in [1.54, 1.807) is 0 Å². The minimum absolute atomic E-state index is 0.0282. The molecular weight excluding hydrogens is 155 g/mol. The molecule has 0 amide bonds. The minimum Gasteiger partial charge on any atom is -0.274 e. The average Bonchev–Trinajstić information content (AvgIpc) is 2.06. The molecule has 1 aliphatic carbocycles. The summed E-state index contributed by atoms with van der Waals surface area (Å²) in [6.07, 6.45) is 6.61. The minimum atomic E-state index is 0.0282. The van der Waals surface area contributed by atoms with Crippen molar-refractivity contribution in [1.82, 2.24) is 0 Å². The maximum Gasteiger partial charge on any atom is 0.161 e. The van der Waals surface area contributed by atoms with E-state index in [0.717, 1.165) is 0 Å². The first kappa shape index (κ1) is 9.19. The van der Waals surface area contributed by atoms with Crippen LogP contribution < -0.4 is 0 Å². The van der Waals surface area contributed by atoms with Gasteiger partial charge in [0.15, 0.2) is 8.46 Å². The van der Waals surface area contributed by atoms with Crippen LogP contribution in [0.2, 0.25) is 0 Å². The molecule has 1 fully saturated rings. The van der Waals surface area contributed by atoms with Gasteiger partial charge < -0.3 is 0 Å². The molecule has 1 saturated carbocycles. The molecule has 0 unspecified atom stereocenters. The summed E-state index contributed by atoms with van der Waals surface area (Å²) in [5, 5.41) is 0.0282. The number of rotatable bonds is 2. The summed E-state index contributed by atoms with van der Waals surface area (Å²) in [5.41, 5.74) is 0. The first-order chi connectivity index (χ1) is 5.17. The Kier molecular flexibility index (Phi) is 3.06. The van der Waals surface area contributed by atoms with Crippen molar-refractivity contribution >= 4 is 8.46 Å². The molecule has 11 heavy (non-hydrogen) atoms. The van der Waals surface area contributed by atoms with Crippen molar-refractivity contribution in [3.63, 3.8) is 0 Å². The summed E-state index contributed by atoms with van der Waals surface area (Å²) in [6, 6.07) is 0. The van der Waals surface area contributed by atoms with E-state index in [0.29, 0.717) is 14.4 Å². The summed E-state index contributed by atoms with van der Waals surface area (Å²) in [6.45, 7) is 4.22. The Hall–Kier alpha value is 0.100. The average molecular weight is 172 g/mol. The molecule has 0 saturated heterocycles. The topological polar surface area (TPSA) is 17.1 Å². The number of hydrogen-bond donors (Lipinski definition) is 0. The zero-order valence-electron chi connectivity index (χ0n) is 7.47. The van der Waals surface area contributed by atoms with Crippen LogP contribution in [0.15, 0.2) is 0 Å². The van der Waals surface area contributed by atoms with Gasteiger partial charge >= 0.3 is 0 Å². The van der Waals surface area contributed by atoms with Crippen molar-refractivity contribution in [2.75, 3.05) is 0 Å². The smallest absolute Gasteiger partial charge is 0.161 e. The third-order valence-electron chi connectivity index (χ3n) is 2.84. The van der Waals surface area contributed by atoms with Crippen molar-refractivity contribution in [1.29, 1.82) is 0 Å². The molecule has 0 radical (unpaired) electrons. The largest absolute Gasteiger partial charge is 0.274 e. The van der Waals surface area contributed by atoms with Crippen LogP contribution in [0.4, 0.5) is 0 Å². The van der Waals surface area contributed by atoms with Crippen LogP contribution in [0, 0.1) is 5.92 Å². The zero-order chi connectivity index (χ0) is 8.32. The van der Waals surface area contributed by atoms with E-state index in [2.05, 4.69) is 13.8 Å². The molecule has 1 rings (SSSR count). The fraction of sp³-hybridized carbons (Fsp3) is 1.00. The van der Waals surface area contributed by atoms with Crippen molar-refractivity contribution < 1.29 is 4.57 Å². The lowest BCUT2D eigenvalue weighted by molar-refractivity contribution is 0.298. The van der Waals surface area contributed by atoms with Crippen molar-refractivity contribution in [2.24, 2.45) is 5.92 Å². The molecule has 0 heterocycles. The highest BCUT2D eigenvalue weighted by Crippen LogP contribution is 2.39. The third kappa shape index (κ3) is 2.27. The van der Waals surface area contributed by atoms with E-state index < -0.39 is 0 Å². The second kappa shape index (κ2) is 3.67. The van der Waals surface area contributed by atoms with Gasteiger partial charge in [0.2, 0.25) is 0 Å². The first-order valence-electron chi connectivity index (χ1n) is 4.51. The number of hydrogen-bond acceptors (Lipinski definition) is 1. The molecule has 2 heteroatoms. The molecule has 0 bridgehead atoms. The van der Waals surface area contributed by atoms with Crippen LogP contribution in [0.1, 0.15) is 46.0 Å². The first-order valence-corrected chi connectivity index (χ1v) is 5.32. The second-order valence-electron chi connectivity index (χ2n) is 4.08. The molecule has 0 aromatic carbocycles. The highest BCUT2D eigenvalue weighted by Gasteiger charge is 2.30. The van der Waals surface area contributed by atoms with Gasteiger partial charge in [-0.3, -0.25) is 4.57 Å². The summed E-state index contributed by atoms with van der Waals surface area (Å²) in [4.78, 5) is 0. The van der Waals surface area contributed by atoms with Gasteiger partial charge in [-0.15, -0.1) is 0 Å². The molecule has 0 aromatic rings. The van der Waals surface area contributed by atoms with E-state index in [4.69, 9.17) is 0 Å². The maximum absolute atomic E-state index is 10.8. The lowest BCUT2D eigenvalue weighted by Gasteiger charge is -2.31. The van der Waals surface area contributed by atoms with Crippen LogP contribution in [-0.2, 0) is 4.57 Å². The molecule has 0 spiro atoms. The Balaban J connectivity index is 2.50. The van der Waals surface area contributed by atoms with E-state index >= 15 is 0 Å². The SMILES string of the molecule is CC(C)(P=O)C1CCCCC1. The van der Waals surface area contributed by atoms with Crippen LogP contribution in [0.3, 0.4) is 0 Å². The van der Waals surface area contributed by atoms with Crippen LogP contribution in [0.5, 0.6) is 0 Å². The summed E-state index contributed by atoms with van der Waals surface area (Å²) in [7, 11) is 0.324. The Morgan fingerprint density at radius 1 is 1.18 bits per heavy atom. The van der Waals surface area contributed by atoms with Gasteiger partial charge in [0.25, 0.3) is 0 Å². The third-order valence-corrected chi connectivity index (χ3v) is 3.68. The van der Waals surface area contributed by atoms with Crippen LogP contribution in [-0.4, -0.2) is 5.16 Å². The van der Waals surface area contributed by atoms with Gasteiger partial charge in [0.05, 0.1) is 0 Å². The lowest BCUT2D eigenvalue weighted by Crippen LogP contribution is -2.26. The fourth-order valence-corrected chi connectivity index (χ4v) is 2.29. The molecule has 64 valence electrons. The van der Waals surface area contributed by atoms with Gasteiger partial charge in [0.1, 0.15) is 0 Å². The van der Waals surface area contributed by atoms with Gasteiger partial charge in [-0.2, -0.15) is 0 Å². The van der Waals surface area contributed by atoms with Crippen molar-refractivity contribution in [3.8, 4) is 0 Å². The summed E-state index contributed by atoms with van der Waals surface area (Å²) in [5.74, 6) is 0.690. The van der Waals surface area contributed by atoms with Gasteiger partial charge in [-0.1, -0.05) is 19.3 Å². The van der Waals surface area contributed by atoms with Crippen LogP contribution in [0.25, 0.3) is 0 Å². The molecule has 1 nitrogen and oxygen atoms in total. The van der Waals surface area contributed by atoms with E-state index in [1.165, 1.54) is 32.1 Å². The predicted molar refractivity (Wildman–Crippen MR) is 48.3 cm³/mol. The summed E-state index contributed by atoms with van der Waals surface area (Å²) >= 11 is 0. The van der Waals surface area contributed by atoms with Crippen LogP contribution >= 0.6 is 8.46 Å². The Bertz CT molecular complexity index is 136. The van der Waals surface area contributed by atoms with Gasteiger partial charge in [-0.05, 0) is 32.6 Å². The standard InChI is InChI=1S/C9H17OP/c1-9(2,11-10)8-6-4-3-5-7-8/h8H,3-7H2,1-2H3. The maximum atomic E-state index is 10.8. The molecule has 0 aromatic heterocycles. The molecule has 1 aliphatic rings. The Morgan fingerprint density at radius 3 is 2.18 bits per heavy atom.